The number of rotatable bonds is 3. The van der Waals surface area contributed by atoms with Crippen LogP contribution in [-0.2, 0) is 0 Å². The number of carbonyl (C=O) groups excluding carboxylic acids is 1. The van der Waals surface area contributed by atoms with Crippen molar-refractivity contribution < 1.29 is 4.79 Å². The van der Waals surface area contributed by atoms with Crippen molar-refractivity contribution in [3.63, 3.8) is 0 Å². The molecule has 0 spiro atoms. The second-order valence-electron chi connectivity index (χ2n) is 4.86. The number of hydrogen-bond acceptors (Lipinski definition) is 2. The molecule has 1 heterocycles. The maximum absolute atomic E-state index is 12.4. The van der Waals surface area contributed by atoms with E-state index in [2.05, 4.69) is 17.1 Å². The lowest BCUT2D eigenvalue weighted by molar-refractivity contribution is 0.0964. The van der Waals surface area contributed by atoms with Crippen molar-refractivity contribution in [2.24, 2.45) is 5.92 Å². The van der Waals surface area contributed by atoms with Gasteiger partial charge in [0.2, 0.25) is 0 Å². The van der Waals surface area contributed by atoms with E-state index in [0.717, 1.165) is 17.7 Å². The summed E-state index contributed by atoms with van der Waals surface area (Å²) in [6.07, 6.45) is 2.70. The van der Waals surface area contributed by atoms with Crippen molar-refractivity contribution in [3.05, 3.63) is 65.5 Å². The fourth-order valence-electron chi connectivity index (χ4n) is 2.50. The summed E-state index contributed by atoms with van der Waals surface area (Å²) < 4.78 is 0. The lowest BCUT2D eigenvalue weighted by Gasteiger charge is -2.03. The van der Waals surface area contributed by atoms with E-state index in [4.69, 9.17) is 0 Å². The Morgan fingerprint density at radius 3 is 2.67 bits per heavy atom. The second-order valence-corrected chi connectivity index (χ2v) is 4.86. The summed E-state index contributed by atoms with van der Waals surface area (Å²) in [4.78, 5) is 16.6. The number of hydrogen-bond donors (Lipinski definition) is 0. The van der Waals surface area contributed by atoms with Crippen LogP contribution in [0.3, 0.4) is 0 Å². The lowest BCUT2D eigenvalue weighted by Crippen LogP contribution is -2.06. The largest absolute Gasteiger partial charge is 0.294 e. The standard InChI is InChI=1S/C16H15NO/c1-11-13(8-5-9-17-11)16(18)15-10-14(15)12-6-3-2-4-7-12/h2-9,14-15H,10H2,1H3. The topological polar surface area (TPSA) is 30.0 Å². The number of pyridine rings is 1. The van der Waals surface area contributed by atoms with Gasteiger partial charge in [0.1, 0.15) is 0 Å². The van der Waals surface area contributed by atoms with Crippen molar-refractivity contribution in [1.29, 1.82) is 0 Å². The van der Waals surface area contributed by atoms with Crippen LogP contribution in [0.1, 0.15) is 34.0 Å². The molecule has 90 valence electrons. The molecule has 0 aliphatic heterocycles. The van der Waals surface area contributed by atoms with E-state index in [1.54, 1.807) is 6.20 Å². The van der Waals surface area contributed by atoms with Crippen molar-refractivity contribution in [1.82, 2.24) is 4.98 Å². The molecule has 0 N–H and O–H groups in total. The highest BCUT2D eigenvalue weighted by Crippen LogP contribution is 2.49. The van der Waals surface area contributed by atoms with Crippen LogP contribution in [0, 0.1) is 12.8 Å². The summed E-state index contributed by atoms with van der Waals surface area (Å²) in [5, 5.41) is 0. The molecule has 2 aromatic rings. The molecule has 2 heteroatoms. The molecule has 2 unspecified atom stereocenters. The van der Waals surface area contributed by atoms with Crippen molar-refractivity contribution in [2.45, 2.75) is 19.3 Å². The molecule has 18 heavy (non-hydrogen) atoms. The van der Waals surface area contributed by atoms with Gasteiger partial charge < -0.3 is 0 Å². The molecule has 3 rings (SSSR count). The third-order valence-corrected chi connectivity index (χ3v) is 3.63. The van der Waals surface area contributed by atoms with E-state index in [1.165, 1.54) is 5.56 Å². The van der Waals surface area contributed by atoms with Gasteiger partial charge in [-0.2, -0.15) is 0 Å². The Bertz CT molecular complexity index is 577. The van der Waals surface area contributed by atoms with Gasteiger partial charge in [0.15, 0.2) is 5.78 Å². The van der Waals surface area contributed by atoms with E-state index in [9.17, 15) is 4.79 Å². The van der Waals surface area contributed by atoms with Gasteiger partial charge in [0, 0.05) is 23.4 Å². The Balaban J connectivity index is 1.80. The van der Waals surface area contributed by atoms with Gasteiger partial charge in [-0.1, -0.05) is 30.3 Å². The third kappa shape index (κ3) is 1.94. The predicted molar refractivity (Wildman–Crippen MR) is 70.6 cm³/mol. The zero-order valence-electron chi connectivity index (χ0n) is 10.3. The van der Waals surface area contributed by atoms with Crippen molar-refractivity contribution >= 4 is 5.78 Å². The zero-order chi connectivity index (χ0) is 12.5. The molecular weight excluding hydrogens is 222 g/mol. The SMILES string of the molecule is Cc1ncccc1C(=O)C1CC1c1ccccc1. The van der Waals surface area contributed by atoms with Crippen LogP contribution in [0.5, 0.6) is 0 Å². The van der Waals surface area contributed by atoms with Gasteiger partial charge >= 0.3 is 0 Å². The average Bonchev–Trinajstić information content (AvgIpc) is 3.20. The fourth-order valence-corrected chi connectivity index (χ4v) is 2.50. The number of nitrogens with zero attached hydrogens (tertiary/aromatic N) is 1. The highest BCUT2D eigenvalue weighted by molar-refractivity contribution is 6.01. The van der Waals surface area contributed by atoms with Gasteiger partial charge in [-0.25, -0.2) is 0 Å². The van der Waals surface area contributed by atoms with Crippen LogP contribution in [0.25, 0.3) is 0 Å². The number of Topliss-reactive ketones (excluding diaryl/α,β-unsaturated/α-hetero) is 1. The zero-order valence-corrected chi connectivity index (χ0v) is 10.3. The predicted octanol–water partition coefficient (Wildman–Crippen LogP) is 3.38. The second kappa shape index (κ2) is 4.37. The van der Waals surface area contributed by atoms with Crippen LogP contribution in [0.2, 0.25) is 0 Å². The molecule has 0 radical (unpaired) electrons. The first-order valence-corrected chi connectivity index (χ1v) is 6.28. The molecule has 1 aliphatic rings. The van der Waals surface area contributed by atoms with Gasteiger partial charge in [-0.05, 0) is 37.0 Å². The lowest BCUT2D eigenvalue weighted by atomic mass is 10.0. The Labute approximate surface area is 107 Å². The Kier molecular flexibility index (Phi) is 2.71. The van der Waals surface area contributed by atoms with Gasteiger partial charge in [-0.3, -0.25) is 9.78 Å². The molecule has 0 saturated heterocycles. The van der Waals surface area contributed by atoms with Gasteiger partial charge in [0.05, 0.1) is 0 Å². The first-order chi connectivity index (χ1) is 8.77. The molecule has 1 saturated carbocycles. The highest BCUT2D eigenvalue weighted by Gasteiger charge is 2.44. The molecule has 2 atom stereocenters. The number of carbonyl (C=O) groups is 1. The highest BCUT2D eigenvalue weighted by atomic mass is 16.1. The summed E-state index contributed by atoms with van der Waals surface area (Å²) in [6, 6.07) is 14.0. The maximum atomic E-state index is 12.4. The number of benzene rings is 1. The average molecular weight is 237 g/mol. The number of aromatic nitrogens is 1. The molecule has 0 bridgehead atoms. The summed E-state index contributed by atoms with van der Waals surface area (Å²) in [5.41, 5.74) is 2.89. The van der Waals surface area contributed by atoms with E-state index in [0.29, 0.717) is 5.92 Å². The van der Waals surface area contributed by atoms with Gasteiger partial charge in [0.25, 0.3) is 0 Å². The molecule has 1 aliphatic carbocycles. The van der Waals surface area contributed by atoms with Crippen LogP contribution in [0.15, 0.2) is 48.7 Å². The summed E-state index contributed by atoms with van der Waals surface area (Å²) in [5.74, 6) is 0.794. The summed E-state index contributed by atoms with van der Waals surface area (Å²) in [6.45, 7) is 1.90. The minimum atomic E-state index is 0.148. The van der Waals surface area contributed by atoms with E-state index >= 15 is 0 Å². The maximum Gasteiger partial charge on any atom is 0.168 e. The number of aryl methyl sites for hydroxylation is 1. The fraction of sp³-hybridized carbons (Fsp3) is 0.250. The number of ketones is 1. The molecule has 1 aromatic heterocycles. The van der Waals surface area contributed by atoms with E-state index < -0.39 is 0 Å². The molecule has 0 amide bonds. The summed E-state index contributed by atoms with van der Waals surface area (Å²) >= 11 is 0. The Morgan fingerprint density at radius 1 is 1.17 bits per heavy atom. The summed E-state index contributed by atoms with van der Waals surface area (Å²) in [7, 11) is 0. The van der Waals surface area contributed by atoms with Crippen LogP contribution in [-0.4, -0.2) is 10.8 Å². The van der Waals surface area contributed by atoms with Crippen LogP contribution >= 0.6 is 0 Å². The first kappa shape index (κ1) is 11.1. The Morgan fingerprint density at radius 2 is 1.94 bits per heavy atom. The Hall–Kier alpha value is -1.96. The third-order valence-electron chi connectivity index (χ3n) is 3.63. The van der Waals surface area contributed by atoms with E-state index in [-0.39, 0.29) is 11.7 Å². The quantitative estimate of drug-likeness (QED) is 0.766. The first-order valence-electron chi connectivity index (χ1n) is 6.28. The minimum absolute atomic E-state index is 0.148. The molecular formula is C16H15NO. The molecule has 1 fully saturated rings. The van der Waals surface area contributed by atoms with Crippen molar-refractivity contribution in [2.75, 3.05) is 0 Å². The molecule has 1 aromatic carbocycles. The normalized spacial score (nSPS) is 21.6. The minimum Gasteiger partial charge on any atom is -0.294 e. The smallest absolute Gasteiger partial charge is 0.168 e. The van der Waals surface area contributed by atoms with E-state index in [1.807, 2.05) is 37.3 Å². The van der Waals surface area contributed by atoms with Crippen LogP contribution < -0.4 is 0 Å². The monoisotopic (exact) mass is 237 g/mol. The van der Waals surface area contributed by atoms with Gasteiger partial charge in [-0.15, -0.1) is 0 Å². The molecule has 2 nitrogen and oxygen atoms in total. The van der Waals surface area contributed by atoms with Crippen molar-refractivity contribution in [3.8, 4) is 0 Å². The van der Waals surface area contributed by atoms with Crippen LogP contribution in [0.4, 0.5) is 0 Å².